The van der Waals surface area contributed by atoms with E-state index in [2.05, 4.69) is 109 Å². The standard InChI is InChI=1S/C46H37N9/c1-30-17-5-11-23-36(30)53(4)39-26-14-8-20-33(39)29-47-46-51-42(44-48-34-21-9-15-27-40(34)54(44)37-24-12-6-18-31(37)2)50-43(52-46)45-49-35-22-10-16-28-41(35)55(45)38-25-13-7-19-32(38)3/h5-29H,1-4H3. The van der Waals surface area contributed by atoms with Crippen LogP contribution in [-0.4, -0.2) is 47.3 Å². The largest absolute Gasteiger partial charge is 0.344 e. The van der Waals surface area contributed by atoms with Gasteiger partial charge in [0.25, 0.3) is 5.95 Å². The van der Waals surface area contributed by atoms with Crippen LogP contribution in [0.25, 0.3) is 56.7 Å². The van der Waals surface area contributed by atoms with Crippen molar-refractivity contribution in [2.75, 3.05) is 11.9 Å². The highest BCUT2D eigenvalue weighted by atomic mass is 15.2. The number of fused-ring (bicyclic) bond motifs is 2. The van der Waals surface area contributed by atoms with E-state index in [0.29, 0.717) is 23.3 Å². The van der Waals surface area contributed by atoms with Crippen LogP contribution in [0.4, 0.5) is 17.3 Å². The number of anilines is 2. The Kier molecular flexibility index (Phi) is 8.51. The molecule has 0 aliphatic carbocycles. The van der Waals surface area contributed by atoms with Crippen LogP contribution in [-0.2, 0) is 0 Å². The predicted molar refractivity (Wildman–Crippen MR) is 222 cm³/mol. The number of aromatic nitrogens is 7. The maximum Gasteiger partial charge on any atom is 0.253 e. The Bertz CT molecular complexity index is 2760. The van der Waals surface area contributed by atoms with Crippen LogP contribution in [0.1, 0.15) is 22.3 Å². The van der Waals surface area contributed by atoms with E-state index >= 15 is 0 Å². The minimum absolute atomic E-state index is 0.236. The van der Waals surface area contributed by atoms with Crippen molar-refractivity contribution in [1.82, 2.24) is 34.1 Å². The highest BCUT2D eigenvalue weighted by molar-refractivity contribution is 5.91. The minimum atomic E-state index is 0.236. The highest BCUT2D eigenvalue weighted by Crippen LogP contribution is 2.34. The molecule has 0 N–H and O–H groups in total. The van der Waals surface area contributed by atoms with Gasteiger partial charge in [0, 0.05) is 30.2 Å². The van der Waals surface area contributed by atoms with E-state index in [4.69, 9.17) is 29.9 Å². The average molecular weight is 716 g/mol. The minimum Gasteiger partial charge on any atom is -0.344 e. The fourth-order valence-electron chi connectivity index (χ4n) is 7.19. The van der Waals surface area contributed by atoms with Crippen molar-refractivity contribution in [3.05, 3.63) is 168 Å². The van der Waals surface area contributed by atoms with Crippen molar-refractivity contribution < 1.29 is 0 Å². The third-order valence-corrected chi connectivity index (χ3v) is 9.95. The molecule has 55 heavy (non-hydrogen) atoms. The van der Waals surface area contributed by atoms with Crippen LogP contribution in [0.5, 0.6) is 0 Å². The van der Waals surface area contributed by atoms with E-state index in [1.807, 2.05) is 85.1 Å². The number of benzene rings is 6. The van der Waals surface area contributed by atoms with Gasteiger partial charge in [-0.05, 0) is 86.0 Å². The van der Waals surface area contributed by atoms with Gasteiger partial charge in [0.15, 0.2) is 11.6 Å². The number of hydrogen-bond donors (Lipinski definition) is 0. The molecule has 0 amide bonds. The summed E-state index contributed by atoms with van der Waals surface area (Å²) < 4.78 is 4.24. The molecule has 0 saturated heterocycles. The van der Waals surface area contributed by atoms with Gasteiger partial charge in [-0.3, -0.25) is 9.13 Å². The molecule has 9 aromatic rings. The second kappa shape index (κ2) is 13.9. The lowest BCUT2D eigenvalue weighted by Crippen LogP contribution is -2.12. The number of nitrogens with zero attached hydrogens (tertiary/aromatic N) is 9. The van der Waals surface area contributed by atoms with Crippen LogP contribution in [0.15, 0.2) is 151 Å². The summed E-state index contributed by atoms with van der Waals surface area (Å²) in [4.78, 5) is 32.6. The first-order valence-electron chi connectivity index (χ1n) is 18.2. The smallest absolute Gasteiger partial charge is 0.253 e. The first kappa shape index (κ1) is 33.6. The topological polar surface area (TPSA) is 89.9 Å². The highest BCUT2D eigenvalue weighted by Gasteiger charge is 2.23. The summed E-state index contributed by atoms with van der Waals surface area (Å²) >= 11 is 0. The van der Waals surface area contributed by atoms with E-state index in [0.717, 1.165) is 61.5 Å². The first-order chi connectivity index (χ1) is 26.9. The molecule has 9 heteroatoms. The number of rotatable bonds is 8. The molecule has 6 aromatic carbocycles. The van der Waals surface area contributed by atoms with Crippen LogP contribution in [0.3, 0.4) is 0 Å². The monoisotopic (exact) mass is 715 g/mol. The summed E-state index contributed by atoms with van der Waals surface area (Å²) in [5.74, 6) is 2.15. The van der Waals surface area contributed by atoms with E-state index < -0.39 is 0 Å². The average Bonchev–Trinajstić information content (AvgIpc) is 3.80. The van der Waals surface area contributed by atoms with Crippen molar-refractivity contribution in [3.8, 4) is 34.7 Å². The van der Waals surface area contributed by atoms with E-state index in [9.17, 15) is 0 Å². The molecular weight excluding hydrogens is 679 g/mol. The number of imidazole rings is 2. The van der Waals surface area contributed by atoms with Crippen LogP contribution >= 0.6 is 0 Å². The Balaban J connectivity index is 1.28. The number of aryl methyl sites for hydroxylation is 3. The van der Waals surface area contributed by atoms with Crippen molar-refractivity contribution in [2.45, 2.75) is 20.8 Å². The van der Waals surface area contributed by atoms with Gasteiger partial charge in [-0.1, -0.05) is 97.1 Å². The number of aliphatic imine (C=N–C) groups is 1. The summed E-state index contributed by atoms with van der Waals surface area (Å²) in [6.45, 7) is 6.31. The summed E-state index contributed by atoms with van der Waals surface area (Å²) in [6, 6.07) is 49.2. The molecule has 9 rings (SSSR count). The Labute approximate surface area is 319 Å². The van der Waals surface area contributed by atoms with Gasteiger partial charge < -0.3 is 4.90 Å². The van der Waals surface area contributed by atoms with Crippen LogP contribution < -0.4 is 4.90 Å². The molecule has 0 radical (unpaired) electrons. The molecule has 3 heterocycles. The normalized spacial score (nSPS) is 11.6. The van der Waals surface area contributed by atoms with E-state index in [1.165, 1.54) is 5.56 Å². The molecule has 0 saturated carbocycles. The zero-order chi connectivity index (χ0) is 37.5. The second-order valence-corrected chi connectivity index (χ2v) is 13.5. The van der Waals surface area contributed by atoms with Gasteiger partial charge in [0.1, 0.15) is 0 Å². The van der Waals surface area contributed by atoms with Gasteiger partial charge in [-0.25, -0.2) is 19.9 Å². The molecule has 266 valence electrons. The Morgan fingerprint density at radius 1 is 0.473 bits per heavy atom. The van der Waals surface area contributed by atoms with E-state index in [-0.39, 0.29) is 5.95 Å². The van der Waals surface area contributed by atoms with Gasteiger partial charge >= 0.3 is 0 Å². The molecule has 0 atom stereocenters. The maximum atomic E-state index is 5.18. The van der Waals surface area contributed by atoms with E-state index in [1.54, 1.807) is 0 Å². The lowest BCUT2D eigenvalue weighted by molar-refractivity contribution is 0.969. The van der Waals surface area contributed by atoms with Crippen molar-refractivity contribution in [2.24, 2.45) is 4.99 Å². The summed E-state index contributed by atoms with van der Waals surface area (Å²) in [7, 11) is 2.07. The van der Waals surface area contributed by atoms with Gasteiger partial charge in [0.2, 0.25) is 11.6 Å². The number of para-hydroxylation sites is 8. The molecule has 0 spiro atoms. The fraction of sp³-hybridized carbons (Fsp3) is 0.0870. The Hall–Kier alpha value is -7.26. The fourth-order valence-corrected chi connectivity index (χ4v) is 7.19. The molecule has 0 aliphatic heterocycles. The SMILES string of the molecule is Cc1ccccc1N(C)c1ccccc1C=Nc1nc(-c2nc3ccccc3n2-c2ccccc2C)nc(-c2nc3ccccc3n2-c2ccccc2C)n1. The molecular formula is C46H37N9. The van der Waals surface area contributed by atoms with Crippen molar-refractivity contribution in [1.29, 1.82) is 0 Å². The van der Waals surface area contributed by atoms with Crippen molar-refractivity contribution >= 4 is 45.6 Å². The number of hydrogen-bond acceptors (Lipinski definition) is 7. The maximum absolute atomic E-state index is 5.18. The van der Waals surface area contributed by atoms with Gasteiger partial charge in [-0.2, -0.15) is 9.97 Å². The lowest BCUT2D eigenvalue weighted by atomic mass is 10.1. The molecule has 0 aliphatic rings. The zero-order valence-electron chi connectivity index (χ0n) is 31.0. The lowest BCUT2D eigenvalue weighted by Gasteiger charge is -2.23. The van der Waals surface area contributed by atoms with Crippen LogP contribution in [0.2, 0.25) is 0 Å². The quantitative estimate of drug-likeness (QED) is 0.146. The zero-order valence-corrected chi connectivity index (χ0v) is 31.0. The summed E-state index contributed by atoms with van der Waals surface area (Å²) in [5.41, 5.74) is 11.9. The predicted octanol–water partition coefficient (Wildman–Crippen LogP) is 10.3. The first-order valence-corrected chi connectivity index (χ1v) is 18.2. The van der Waals surface area contributed by atoms with Gasteiger partial charge in [-0.15, -0.1) is 0 Å². The molecule has 0 unspecified atom stereocenters. The molecule has 9 nitrogen and oxygen atoms in total. The second-order valence-electron chi connectivity index (χ2n) is 13.5. The third kappa shape index (κ3) is 6.11. The van der Waals surface area contributed by atoms with Crippen molar-refractivity contribution in [3.63, 3.8) is 0 Å². The third-order valence-electron chi connectivity index (χ3n) is 9.95. The molecule has 0 bridgehead atoms. The summed E-state index contributed by atoms with van der Waals surface area (Å²) in [6.07, 6.45) is 1.82. The van der Waals surface area contributed by atoms with Crippen LogP contribution in [0, 0.1) is 20.8 Å². The molecule has 0 fully saturated rings. The van der Waals surface area contributed by atoms with Gasteiger partial charge in [0.05, 0.1) is 33.4 Å². The molecule has 3 aromatic heterocycles. The Morgan fingerprint density at radius 2 is 0.927 bits per heavy atom. The summed E-state index contributed by atoms with van der Waals surface area (Å²) in [5, 5.41) is 0. The Morgan fingerprint density at radius 3 is 1.47 bits per heavy atom.